The van der Waals surface area contributed by atoms with Gasteiger partial charge in [0.25, 0.3) is 0 Å². The number of hydrogen-bond acceptors (Lipinski definition) is 8. The molecule has 4 N–H and O–H groups in total. The van der Waals surface area contributed by atoms with Crippen LogP contribution in [0.1, 0.15) is 0 Å². The highest BCUT2D eigenvalue weighted by atomic mass is 32.2. The first kappa shape index (κ1) is 20.7. The number of sulfone groups is 1. The molecule has 0 aromatic heterocycles. The monoisotopic (exact) mass is 410 g/mol. The molecule has 9 heteroatoms. The summed E-state index contributed by atoms with van der Waals surface area (Å²) in [6.07, 6.45) is -5.60. The molecule has 0 radical (unpaired) electrons. The second-order valence-corrected chi connectivity index (χ2v) is 8.65. The van der Waals surface area contributed by atoms with Crippen molar-refractivity contribution in [2.24, 2.45) is 0 Å². The number of benzene rings is 2. The van der Waals surface area contributed by atoms with E-state index in [4.69, 9.17) is 9.47 Å². The second-order valence-electron chi connectivity index (χ2n) is 6.64. The lowest BCUT2D eigenvalue weighted by Crippen LogP contribution is -2.60. The molecule has 8 nitrogen and oxygen atoms in total. The summed E-state index contributed by atoms with van der Waals surface area (Å²) in [5, 5.41) is 38.8. The molecule has 0 unspecified atom stereocenters. The van der Waals surface area contributed by atoms with Gasteiger partial charge in [-0.2, -0.15) is 0 Å². The average Bonchev–Trinajstić information content (AvgIpc) is 2.68. The zero-order valence-corrected chi connectivity index (χ0v) is 15.9. The van der Waals surface area contributed by atoms with Gasteiger partial charge in [0.15, 0.2) is 9.84 Å². The predicted molar refractivity (Wildman–Crippen MR) is 99.4 cm³/mol. The minimum Gasteiger partial charge on any atom is -0.462 e. The van der Waals surface area contributed by atoms with Crippen LogP contribution in [0.2, 0.25) is 0 Å². The van der Waals surface area contributed by atoms with Crippen LogP contribution in [0.4, 0.5) is 0 Å². The van der Waals surface area contributed by atoms with Gasteiger partial charge >= 0.3 is 0 Å². The molecule has 5 atom stereocenters. The Balaban J connectivity index is 1.72. The van der Waals surface area contributed by atoms with E-state index in [0.717, 1.165) is 17.4 Å². The van der Waals surface area contributed by atoms with Crippen LogP contribution in [0.3, 0.4) is 0 Å². The maximum Gasteiger partial charge on any atom is 0.229 e. The second kappa shape index (κ2) is 8.16. The topological polar surface area (TPSA) is 134 Å². The molecule has 1 saturated heterocycles. The lowest BCUT2D eigenvalue weighted by molar-refractivity contribution is -0.277. The molecule has 2 aromatic carbocycles. The highest BCUT2D eigenvalue weighted by Crippen LogP contribution is 2.27. The Morgan fingerprint density at radius 2 is 1.43 bits per heavy atom. The maximum absolute atomic E-state index is 11.5. The summed E-state index contributed by atoms with van der Waals surface area (Å²) >= 11 is 0. The predicted octanol–water partition coefficient (Wildman–Crippen LogP) is -0.0642. The summed E-state index contributed by atoms with van der Waals surface area (Å²) in [5.74, 6) is 0.348. The van der Waals surface area contributed by atoms with Gasteiger partial charge in [0, 0.05) is 6.26 Å². The van der Waals surface area contributed by atoms with Crippen molar-refractivity contribution in [2.75, 3.05) is 12.9 Å². The first-order valence-corrected chi connectivity index (χ1v) is 10.5. The van der Waals surface area contributed by atoms with E-state index in [1.165, 1.54) is 12.1 Å². The summed E-state index contributed by atoms with van der Waals surface area (Å²) in [6.45, 7) is -0.535. The minimum atomic E-state index is -3.26. The smallest absolute Gasteiger partial charge is 0.229 e. The van der Waals surface area contributed by atoms with Crippen LogP contribution < -0.4 is 4.74 Å². The maximum atomic E-state index is 11.5. The van der Waals surface area contributed by atoms with Gasteiger partial charge in [-0.15, -0.1) is 0 Å². The van der Waals surface area contributed by atoms with E-state index in [-0.39, 0.29) is 4.90 Å². The first-order chi connectivity index (χ1) is 13.2. The molecule has 0 spiro atoms. The number of rotatable bonds is 5. The van der Waals surface area contributed by atoms with E-state index in [9.17, 15) is 28.8 Å². The molecule has 2 aromatic rings. The molecular formula is C19H22O8S. The molecule has 152 valence electrons. The number of ether oxygens (including phenoxy) is 2. The molecular weight excluding hydrogens is 388 g/mol. The average molecular weight is 410 g/mol. The number of aliphatic hydroxyl groups is 4. The van der Waals surface area contributed by atoms with Crippen LogP contribution >= 0.6 is 0 Å². The van der Waals surface area contributed by atoms with Crippen molar-refractivity contribution < 1.29 is 38.3 Å². The molecule has 0 saturated carbocycles. The van der Waals surface area contributed by atoms with Gasteiger partial charge in [0.2, 0.25) is 6.29 Å². The van der Waals surface area contributed by atoms with Crippen molar-refractivity contribution in [2.45, 2.75) is 35.6 Å². The zero-order chi connectivity index (χ0) is 20.5. The Hall–Kier alpha value is -2.01. The SMILES string of the molecule is CS(=O)(=O)c1ccc(-c2ccc(O[C@H]3O[C@H](CO)[C@@H](O)[C@H](O)[C@@H]3O)cc2)cc1. The fraction of sp³-hybridized carbons (Fsp3) is 0.368. The molecule has 1 aliphatic rings. The molecule has 28 heavy (non-hydrogen) atoms. The van der Waals surface area contributed by atoms with Crippen LogP contribution in [0.25, 0.3) is 11.1 Å². The Morgan fingerprint density at radius 3 is 1.93 bits per heavy atom. The van der Waals surface area contributed by atoms with Crippen LogP contribution in [-0.4, -0.2) is 72.4 Å². The molecule has 0 aliphatic carbocycles. The van der Waals surface area contributed by atoms with Crippen molar-refractivity contribution in [1.82, 2.24) is 0 Å². The molecule has 1 aliphatic heterocycles. The van der Waals surface area contributed by atoms with Gasteiger partial charge in [-0.25, -0.2) is 8.42 Å². The normalized spacial score (nSPS) is 28.1. The Morgan fingerprint density at radius 1 is 0.893 bits per heavy atom. The van der Waals surface area contributed by atoms with Crippen molar-refractivity contribution in [3.63, 3.8) is 0 Å². The van der Waals surface area contributed by atoms with Crippen molar-refractivity contribution in [1.29, 1.82) is 0 Å². The third-order valence-electron chi connectivity index (χ3n) is 4.57. The van der Waals surface area contributed by atoms with E-state index < -0.39 is 47.2 Å². The highest BCUT2D eigenvalue weighted by Gasteiger charge is 2.44. The Bertz CT molecular complexity index is 893. The lowest BCUT2D eigenvalue weighted by Gasteiger charge is -2.39. The van der Waals surface area contributed by atoms with Gasteiger partial charge in [-0.1, -0.05) is 24.3 Å². The molecule has 0 amide bonds. The molecule has 0 bridgehead atoms. The Kier molecular flexibility index (Phi) is 6.04. The molecule has 1 fully saturated rings. The zero-order valence-electron chi connectivity index (χ0n) is 15.0. The van der Waals surface area contributed by atoms with Gasteiger partial charge in [-0.3, -0.25) is 0 Å². The number of aliphatic hydroxyl groups excluding tert-OH is 4. The van der Waals surface area contributed by atoms with Crippen LogP contribution in [-0.2, 0) is 14.6 Å². The van der Waals surface area contributed by atoms with Gasteiger partial charge < -0.3 is 29.9 Å². The summed E-state index contributed by atoms with van der Waals surface area (Å²) in [6, 6.07) is 13.2. The van der Waals surface area contributed by atoms with E-state index in [1.54, 1.807) is 36.4 Å². The lowest BCUT2D eigenvalue weighted by atomic mass is 9.99. The van der Waals surface area contributed by atoms with Gasteiger partial charge in [0.1, 0.15) is 30.2 Å². The summed E-state index contributed by atoms with van der Waals surface area (Å²) in [7, 11) is -3.26. The van der Waals surface area contributed by atoms with E-state index in [1.807, 2.05) is 0 Å². The third kappa shape index (κ3) is 4.35. The Labute approximate surface area is 162 Å². The first-order valence-electron chi connectivity index (χ1n) is 8.58. The molecule has 1 heterocycles. The summed E-state index contributed by atoms with van der Waals surface area (Å²) in [4.78, 5) is 0.235. The quantitative estimate of drug-likeness (QED) is 0.539. The summed E-state index contributed by atoms with van der Waals surface area (Å²) < 4.78 is 33.9. The van der Waals surface area contributed by atoms with E-state index >= 15 is 0 Å². The van der Waals surface area contributed by atoms with Crippen LogP contribution in [0.15, 0.2) is 53.4 Å². The largest absolute Gasteiger partial charge is 0.462 e. The van der Waals surface area contributed by atoms with Gasteiger partial charge in [-0.05, 0) is 35.4 Å². The van der Waals surface area contributed by atoms with Gasteiger partial charge in [0.05, 0.1) is 11.5 Å². The standard InChI is InChI=1S/C19H22O8S/c1-28(24,25)14-8-4-12(5-9-14)11-2-6-13(7-3-11)26-19-18(23)17(22)16(21)15(10-20)27-19/h2-9,15-23H,10H2,1H3/t15-,16-,17+,18+,19+/m1/s1. The van der Waals surface area contributed by atoms with Crippen LogP contribution in [0.5, 0.6) is 5.75 Å². The third-order valence-corrected chi connectivity index (χ3v) is 5.70. The van der Waals surface area contributed by atoms with E-state index in [2.05, 4.69) is 0 Å². The highest BCUT2D eigenvalue weighted by molar-refractivity contribution is 7.90. The van der Waals surface area contributed by atoms with Crippen LogP contribution in [0, 0.1) is 0 Å². The minimum absolute atomic E-state index is 0.235. The fourth-order valence-electron chi connectivity index (χ4n) is 2.92. The fourth-order valence-corrected chi connectivity index (χ4v) is 3.55. The van der Waals surface area contributed by atoms with Crippen molar-refractivity contribution in [3.05, 3.63) is 48.5 Å². The molecule has 3 rings (SSSR count). The van der Waals surface area contributed by atoms with Crippen molar-refractivity contribution in [3.8, 4) is 16.9 Å². The number of hydrogen-bond donors (Lipinski definition) is 4. The van der Waals surface area contributed by atoms with Crippen molar-refractivity contribution >= 4 is 9.84 Å². The summed E-state index contributed by atoms with van der Waals surface area (Å²) in [5.41, 5.74) is 1.63. The van der Waals surface area contributed by atoms with E-state index in [0.29, 0.717) is 5.75 Å².